The summed E-state index contributed by atoms with van der Waals surface area (Å²) in [6.45, 7) is 0.743. The largest absolute Gasteiger partial charge is 0.491 e. The van der Waals surface area contributed by atoms with Crippen molar-refractivity contribution >= 4 is 30.1 Å². The van der Waals surface area contributed by atoms with E-state index in [1.807, 2.05) is 11.0 Å². The number of nitrogens with one attached hydrogen (secondary N) is 2. The molecule has 10 nitrogen and oxygen atoms in total. The van der Waals surface area contributed by atoms with Crippen LogP contribution in [-0.4, -0.2) is 63.2 Å². The molecular weight excluding hydrogens is 480 g/mol. The van der Waals surface area contributed by atoms with E-state index in [2.05, 4.69) is 20.5 Å². The number of amides is 2. The van der Waals surface area contributed by atoms with Gasteiger partial charge in [0, 0.05) is 35.3 Å². The number of aromatic amines is 1. The number of aromatic nitrogens is 3. The van der Waals surface area contributed by atoms with Gasteiger partial charge in [-0.1, -0.05) is 6.07 Å². The van der Waals surface area contributed by atoms with Crippen LogP contribution in [0.3, 0.4) is 0 Å². The highest BCUT2D eigenvalue weighted by Crippen LogP contribution is 2.50. The number of rotatable bonds is 5. The molecule has 6 rings (SSSR count). The molecule has 3 aromatic rings. The Labute approximate surface area is 212 Å². The number of methoxy groups -OCH3 is 1. The maximum Gasteiger partial charge on any atom is 0.491 e. The maximum atomic E-state index is 14.3. The van der Waals surface area contributed by atoms with Crippen LogP contribution in [0.25, 0.3) is 11.3 Å². The van der Waals surface area contributed by atoms with Crippen molar-refractivity contribution in [2.24, 2.45) is 5.92 Å². The highest BCUT2D eigenvalue weighted by Gasteiger charge is 2.54. The van der Waals surface area contributed by atoms with E-state index in [4.69, 9.17) is 9.39 Å². The first-order chi connectivity index (χ1) is 17.9. The van der Waals surface area contributed by atoms with Crippen molar-refractivity contribution in [1.29, 1.82) is 0 Å². The number of hydrogen-bond donors (Lipinski definition) is 3. The number of carbonyl (C=O) groups is 2. The second-order valence-electron chi connectivity index (χ2n) is 9.81. The van der Waals surface area contributed by atoms with Crippen LogP contribution in [0.15, 0.2) is 36.5 Å². The molecule has 2 amide bonds. The van der Waals surface area contributed by atoms with E-state index in [1.165, 1.54) is 19.2 Å². The van der Waals surface area contributed by atoms with Gasteiger partial charge in [-0.3, -0.25) is 14.7 Å². The molecule has 37 heavy (non-hydrogen) atoms. The number of pyridine rings is 1. The van der Waals surface area contributed by atoms with Gasteiger partial charge in [0.15, 0.2) is 5.82 Å². The summed E-state index contributed by atoms with van der Waals surface area (Å²) >= 11 is 0. The molecule has 0 radical (unpaired) electrons. The number of halogens is 1. The van der Waals surface area contributed by atoms with Crippen LogP contribution < -0.4 is 15.5 Å². The average Bonchev–Trinajstić information content (AvgIpc) is 3.32. The summed E-state index contributed by atoms with van der Waals surface area (Å²) in [5, 5.41) is 19.7. The SMILES string of the molecule is COc1cc(-c2cc(C(=O)N3CC[C@H](C(=O)Nc4ccc5c(c4)COB5O)CC34CC4)[nH]n2)c(F)cn1. The Morgan fingerprint density at radius 1 is 1.32 bits per heavy atom. The second kappa shape index (κ2) is 8.96. The third kappa shape index (κ3) is 4.25. The van der Waals surface area contributed by atoms with E-state index in [0.717, 1.165) is 30.1 Å². The van der Waals surface area contributed by atoms with Gasteiger partial charge in [0.1, 0.15) is 5.69 Å². The fourth-order valence-electron chi connectivity index (χ4n) is 5.35. The highest BCUT2D eigenvalue weighted by molar-refractivity contribution is 6.61. The van der Waals surface area contributed by atoms with Crippen molar-refractivity contribution < 1.29 is 28.4 Å². The molecule has 2 fully saturated rings. The lowest BCUT2D eigenvalue weighted by Crippen LogP contribution is -2.50. The van der Waals surface area contributed by atoms with Crippen LogP contribution in [0.2, 0.25) is 0 Å². The Hall–Kier alpha value is -3.77. The van der Waals surface area contributed by atoms with E-state index in [1.54, 1.807) is 12.1 Å². The Morgan fingerprint density at radius 3 is 2.95 bits per heavy atom. The van der Waals surface area contributed by atoms with Crippen LogP contribution >= 0.6 is 0 Å². The molecule has 1 spiro atoms. The van der Waals surface area contributed by atoms with Crippen molar-refractivity contribution in [2.75, 3.05) is 19.0 Å². The number of benzene rings is 1. The van der Waals surface area contributed by atoms with Gasteiger partial charge < -0.3 is 24.6 Å². The van der Waals surface area contributed by atoms with Gasteiger partial charge in [0.2, 0.25) is 11.8 Å². The average molecular weight is 505 g/mol. The normalized spacial score (nSPS) is 19.6. The lowest BCUT2D eigenvalue weighted by atomic mass is 9.79. The molecule has 1 saturated carbocycles. The van der Waals surface area contributed by atoms with Crippen molar-refractivity contribution in [3.05, 3.63) is 53.6 Å². The van der Waals surface area contributed by atoms with Gasteiger partial charge in [-0.05, 0) is 54.9 Å². The third-order valence-electron chi connectivity index (χ3n) is 7.54. The summed E-state index contributed by atoms with van der Waals surface area (Å²) in [4.78, 5) is 32.1. The Balaban J connectivity index is 1.14. The van der Waals surface area contributed by atoms with Gasteiger partial charge in [0.05, 0.1) is 25.6 Å². The highest BCUT2D eigenvalue weighted by atomic mass is 19.1. The van der Waals surface area contributed by atoms with Gasteiger partial charge in [-0.2, -0.15) is 5.10 Å². The standard InChI is InChI=1S/C25H25BFN5O5/c1-36-22-9-17(19(27)12-28-22)20-10-21(31-30-20)24(34)32-7-4-14(11-25(32)5-6-25)23(33)29-16-2-3-18-15(8-16)13-37-26(18)35/h2-3,8-10,12,14,35H,4-7,11,13H2,1H3,(H,29,33)(H,30,31)/t14-/m0/s1. The van der Waals surface area contributed by atoms with Gasteiger partial charge in [0.25, 0.3) is 5.91 Å². The first-order valence-corrected chi connectivity index (χ1v) is 12.2. The van der Waals surface area contributed by atoms with E-state index in [9.17, 15) is 19.0 Å². The number of likely N-dealkylation sites (tertiary alicyclic amines) is 1. The van der Waals surface area contributed by atoms with Crippen molar-refractivity contribution in [3.8, 4) is 17.1 Å². The molecule has 190 valence electrons. The number of H-pyrrole nitrogens is 1. The number of anilines is 1. The number of fused-ring (bicyclic) bond motifs is 1. The van der Waals surface area contributed by atoms with Crippen LogP contribution in [-0.2, 0) is 16.1 Å². The Morgan fingerprint density at radius 2 is 2.16 bits per heavy atom. The summed E-state index contributed by atoms with van der Waals surface area (Å²) in [5.74, 6) is -0.839. The number of hydrogen-bond acceptors (Lipinski definition) is 7. The molecule has 0 unspecified atom stereocenters. The molecule has 2 aliphatic heterocycles. The fraction of sp³-hybridized carbons (Fsp3) is 0.360. The molecule has 1 saturated heterocycles. The lowest BCUT2D eigenvalue weighted by molar-refractivity contribution is -0.122. The molecule has 3 N–H and O–H groups in total. The van der Waals surface area contributed by atoms with Gasteiger partial charge >= 0.3 is 7.12 Å². The first-order valence-electron chi connectivity index (χ1n) is 12.2. The zero-order chi connectivity index (χ0) is 25.7. The summed E-state index contributed by atoms with van der Waals surface area (Å²) in [7, 11) is 0.517. The molecule has 1 atom stereocenters. The molecule has 1 aliphatic carbocycles. The fourth-order valence-corrected chi connectivity index (χ4v) is 5.35. The second-order valence-corrected chi connectivity index (χ2v) is 9.81. The predicted octanol–water partition coefficient (Wildman–Crippen LogP) is 1.86. The van der Waals surface area contributed by atoms with E-state index < -0.39 is 12.9 Å². The summed E-state index contributed by atoms with van der Waals surface area (Å²) in [6.07, 6.45) is 3.82. The zero-order valence-electron chi connectivity index (χ0n) is 20.2. The summed E-state index contributed by atoms with van der Waals surface area (Å²) < 4.78 is 24.6. The molecular formula is C25H25BFN5O5. The number of nitrogens with zero attached hydrogens (tertiary/aromatic N) is 3. The van der Waals surface area contributed by atoms with Crippen molar-refractivity contribution in [2.45, 2.75) is 37.8 Å². The van der Waals surface area contributed by atoms with Gasteiger partial charge in [-0.15, -0.1) is 0 Å². The first kappa shape index (κ1) is 23.6. The Bertz CT molecular complexity index is 1390. The van der Waals surface area contributed by atoms with E-state index in [-0.39, 0.29) is 46.1 Å². The molecule has 1 aromatic carbocycles. The number of piperidine rings is 1. The van der Waals surface area contributed by atoms with Crippen LogP contribution in [0.4, 0.5) is 10.1 Å². The lowest BCUT2D eigenvalue weighted by Gasteiger charge is -2.39. The minimum absolute atomic E-state index is 0.0799. The van der Waals surface area contributed by atoms with E-state index >= 15 is 0 Å². The molecule has 4 heterocycles. The Kier molecular flexibility index (Phi) is 5.72. The molecule has 0 bridgehead atoms. The van der Waals surface area contributed by atoms with Crippen molar-refractivity contribution in [1.82, 2.24) is 20.1 Å². The quantitative estimate of drug-likeness (QED) is 0.452. The van der Waals surface area contributed by atoms with Crippen LogP contribution in [0.5, 0.6) is 5.88 Å². The summed E-state index contributed by atoms with van der Waals surface area (Å²) in [6, 6.07) is 8.31. The minimum atomic E-state index is -0.922. The van der Waals surface area contributed by atoms with Gasteiger partial charge in [-0.25, -0.2) is 9.37 Å². The smallest absolute Gasteiger partial charge is 0.481 e. The minimum Gasteiger partial charge on any atom is -0.481 e. The molecule has 12 heteroatoms. The monoisotopic (exact) mass is 505 g/mol. The zero-order valence-corrected chi connectivity index (χ0v) is 20.2. The number of ether oxygens (including phenoxy) is 1. The maximum absolute atomic E-state index is 14.3. The van der Waals surface area contributed by atoms with Crippen molar-refractivity contribution in [3.63, 3.8) is 0 Å². The third-order valence-corrected chi connectivity index (χ3v) is 7.54. The topological polar surface area (TPSA) is 130 Å². The van der Waals surface area contributed by atoms with E-state index in [0.29, 0.717) is 31.7 Å². The van der Waals surface area contributed by atoms with Crippen LogP contribution in [0, 0.1) is 11.7 Å². The van der Waals surface area contributed by atoms with Crippen LogP contribution in [0.1, 0.15) is 41.7 Å². The molecule has 2 aromatic heterocycles. The predicted molar refractivity (Wildman–Crippen MR) is 132 cm³/mol. The molecule has 3 aliphatic rings. The summed E-state index contributed by atoms with van der Waals surface area (Å²) in [5.41, 5.74) is 2.61. The number of carbonyl (C=O) groups excluding carboxylic acids is 2.